The topological polar surface area (TPSA) is 89.2 Å². The molecule has 14 heteroatoms. The first-order valence-corrected chi connectivity index (χ1v) is 12.6. The summed E-state index contributed by atoms with van der Waals surface area (Å²) in [6.45, 7) is 0. The second-order valence-electron chi connectivity index (χ2n) is 6.96. The Labute approximate surface area is 216 Å². The molecule has 2 aromatic heterocycles. The molecule has 35 heavy (non-hydrogen) atoms. The van der Waals surface area contributed by atoms with E-state index in [1.165, 1.54) is 42.7 Å². The van der Waals surface area contributed by atoms with Gasteiger partial charge in [0, 0.05) is 10.7 Å². The number of hydrogen-bond acceptors (Lipinski definition) is 5. The van der Waals surface area contributed by atoms with Crippen molar-refractivity contribution in [3.63, 3.8) is 0 Å². The fraction of sp³-hybridized carbons (Fsp3) is 0.0476. The third-order valence-electron chi connectivity index (χ3n) is 4.57. The summed E-state index contributed by atoms with van der Waals surface area (Å²) in [6.07, 6.45) is -3.42. The molecule has 2 heterocycles. The molecule has 0 radical (unpaired) electrons. The van der Waals surface area contributed by atoms with Crippen LogP contribution in [-0.4, -0.2) is 23.3 Å². The minimum atomic E-state index is -4.73. The highest BCUT2D eigenvalue weighted by atomic mass is 79.9. The Kier molecular flexibility index (Phi) is 6.95. The number of thiocarbonyl (C=S) groups is 1. The van der Waals surface area contributed by atoms with Crippen molar-refractivity contribution in [1.29, 1.82) is 0 Å². The van der Waals surface area contributed by atoms with Gasteiger partial charge < -0.3 is 9.73 Å². The van der Waals surface area contributed by atoms with Crippen LogP contribution in [0.2, 0.25) is 5.02 Å². The van der Waals surface area contributed by atoms with Gasteiger partial charge in [-0.2, -0.15) is 18.3 Å². The lowest BCUT2D eigenvalue weighted by Crippen LogP contribution is -2.34. The van der Waals surface area contributed by atoms with Crippen LogP contribution in [0.15, 0.2) is 80.7 Å². The summed E-state index contributed by atoms with van der Waals surface area (Å²) in [4.78, 5) is -0.164. The van der Waals surface area contributed by atoms with Gasteiger partial charge >= 0.3 is 6.18 Å². The number of rotatable bonds is 5. The van der Waals surface area contributed by atoms with Crippen LogP contribution < -0.4 is 10.0 Å². The Morgan fingerprint density at radius 2 is 1.74 bits per heavy atom. The van der Waals surface area contributed by atoms with E-state index in [4.69, 9.17) is 28.2 Å². The Morgan fingerprint density at radius 1 is 1.09 bits per heavy atom. The van der Waals surface area contributed by atoms with Crippen LogP contribution in [0.25, 0.3) is 17.1 Å². The molecule has 0 amide bonds. The van der Waals surface area contributed by atoms with Crippen LogP contribution in [0.5, 0.6) is 0 Å². The molecule has 4 aromatic rings. The van der Waals surface area contributed by atoms with Crippen LogP contribution >= 0.6 is 39.7 Å². The molecule has 0 aliphatic rings. The monoisotopic (exact) mass is 604 g/mol. The predicted molar refractivity (Wildman–Crippen MR) is 132 cm³/mol. The van der Waals surface area contributed by atoms with Gasteiger partial charge in [-0.05, 0) is 88.8 Å². The number of nitrogens with one attached hydrogen (secondary N) is 2. The number of alkyl halides is 3. The molecule has 0 aliphatic carbocycles. The first-order valence-electron chi connectivity index (χ1n) is 9.55. The molecule has 0 bridgehead atoms. The van der Waals surface area contributed by atoms with Gasteiger partial charge in [-0.25, -0.2) is 13.1 Å². The number of sulfonamides is 1. The number of benzene rings is 2. The molecule has 0 fully saturated rings. The van der Waals surface area contributed by atoms with Crippen molar-refractivity contribution >= 4 is 60.6 Å². The minimum Gasteiger partial charge on any atom is -0.463 e. The second kappa shape index (κ2) is 9.64. The van der Waals surface area contributed by atoms with Crippen molar-refractivity contribution < 1.29 is 26.0 Å². The maximum Gasteiger partial charge on any atom is 0.436 e. The summed E-state index contributed by atoms with van der Waals surface area (Å²) >= 11 is 13.8. The first-order chi connectivity index (χ1) is 16.5. The van der Waals surface area contributed by atoms with Crippen LogP contribution in [-0.2, 0) is 16.2 Å². The lowest BCUT2D eigenvalue weighted by Gasteiger charge is -2.12. The molecule has 0 aliphatic heterocycles. The van der Waals surface area contributed by atoms with Gasteiger partial charge in [0.25, 0.3) is 10.0 Å². The zero-order valence-corrected chi connectivity index (χ0v) is 21.2. The number of anilines is 1. The van der Waals surface area contributed by atoms with Crippen molar-refractivity contribution in [2.75, 3.05) is 5.32 Å². The van der Waals surface area contributed by atoms with Gasteiger partial charge in [-0.1, -0.05) is 11.6 Å². The Balaban J connectivity index is 1.61. The fourth-order valence-electron chi connectivity index (χ4n) is 3.03. The van der Waals surface area contributed by atoms with Crippen LogP contribution in [0, 0.1) is 0 Å². The summed E-state index contributed by atoms with van der Waals surface area (Å²) in [6, 6.07) is 14.5. The number of furan rings is 1. The summed E-state index contributed by atoms with van der Waals surface area (Å²) in [5.74, 6) is 0.136. The van der Waals surface area contributed by atoms with E-state index >= 15 is 0 Å². The predicted octanol–water partition coefficient (Wildman–Crippen LogP) is 6.24. The van der Waals surface area contributed by atoms with Crippen LogP contribution in [0.4, 0.5) is 18.9 Å². The van der Waals surface area contributed by atoms with E-state index in [-0.39, 0.29) is 31.6 Å². The van der Waals surface area contributed by atoms with Gasteiger partial charge in [-0.15, -0.1) is 0 Å². The minimum absolute atomic E-state index is 0.0180. The second-order valence-corrected chi connectivity index (χ2v) is 10.3. The average molecular weight is 606 g/mol. The molecule has 7 nitrogen and oxygen atoms in total. The molecule has 2 aromatic carbocycles. The van der Waals surface area contributed by atoms with E-state index < -0.39 is 21.9 Å². The highest BCUT2D eigenvalue weighted by molar-refractivity contribution is 9.10. The molecule has 0 unspecified atom stereocenters. The number of nitrogens with zero attached hydrogens (tertiary/aromatic N) is 2. The average Bonchev–Trinajstić information content (AvgIpc) is 3.42. The molecule has 0 spiro atoms. The smallest absolute Gasteiger partial charge is 0.436 e. The molecular weight excluding hydrogens is 593 g/mol. The van der Waals surface area contributed by atoms with E-state index in [1.54, 1.807) is 24.3 Å². The van der Waals surface area contributed by atoms with Crippen LogP contribution in [0.3, 0.4) is 0 Å². The zero-order chi connectivity index (χ0) is 25.4. The lowest BCUT2D eigenvalue weighted by atomic mass is 10.2. The van der Waals surface area contributed by atoms with Gasteiger partial charge in [0.15, 0.2) is 16.6 Å². The maximum atomic E-state index is 13.5. The summed E-state index contributed by atoms with van der Waals surface area (Å²) in [7, 11) is -4.08. The highest BCUT2D eigenvalue weighted by Crippen LogP contribution is 2.41. The third kappa shape index (κ3) is 5.53. The molecular formula is C21H13BrClF3N4O3S2. The SMILES string of the molecule is O=S(=O)(NC(=S)Nc1ccc(Cl)cc1)c1ccc(-n2nc(C(F)(F)F)c(Br)c2-c2ccco2)cc1. The van der Waals surface area contributed by atoms with Gasteiger partial charge in [0.05, 0.1) is 21.3 Å². The molecule has 2 N–H and O–H groups in total. The van der Waals surface area contributed by atoms with Crippen molar-refractivity contribution in [1.82, 2.24) is 14.5 Å². The van der Waals surface area contributed by atoms with E-state index in [0.29, 0.717) is 10.7 Å². The van der Waals surface area contributed by atoms with Gasteiger partial charge in [0.2, 0.25) is 0 Å². The largest absolute Gasteiger partial charge is 0.463 e. The van der Waals surface area contributed by atoms with E-state index in [1.807, 2.05) is 0 Å². The van der Waals surface area contributed by atoms with Crippen molar-refractivity contribution in [3.8, 4) is 17.1 Å². The molecule has 0 atom stereocenters. The Morgan fingerprint density at radius 3 is 2.31 bits per heavy atom. The quantitative estimate of drug-likeness (QED) is 0.262. The first kappa shape index (κ1) is 25.2. The normalized spacial score (nSPS) is 11.9. The van der Waals surface area contributed by atoms with Gasteiger partial charge in [-0.3, -0.25) is 4.72 Å². The highest BCUT2D eigenvalue weighted by Gasteiger charge is 2.39. The van der Waals surface area contributed by atoms with Crippen LogP contribution in [0.1, 0.15) is 5.69 Å². The van der Waals surface area contributed by atoms with E-state index in [9.17, 15) is 21.6 Å². The lowest BCUT2D eigenvalue weighted by molar-refractivity contribution is -0.141. The summed E-state index contributed by atoms with van der Waals surface area (Å²) in [5.41, 5.74) is -0.439. The van der Waals surface area contributed by atoms with Gasteiger partial charge in [0.1, 0.15) is 5.69 Å². The molecule has 182 valence electrons. The van der Waals surface area contributed by atoms with Crippen molar-refractivity contribution in [2.45, 2.75) is 11.1 Å². The molecule has 4 rings (SSSR count). The Bertz CT molecular complexity index is 1470. The maximum absolute atomic E-state index is 13.5. The Hall–Kier alpha value is -2.87. The number of hydrogen-bond donors (Lipinski definition) is 2. The zero-order valence-electron chi connectivity index (χ0n) is 17.2. The van der Waals surface area contributed by atoms with Crippen molar-refractivity contribution in [3.05, 3.63) is 82.1 Å². The number of halogens is 5. The number of aromatic nitrogens is 2. The summed E-state index contributed by atoms with van der Waals surface area (Å²) in [5, 5.41) is 6.73. The fourth-order valence-corrected chi connectivity index (χ4v) is 5.18. The van der Waals surface area contributed by atoms with Crippen molar-refractivity contribution in [2.24, 2.45) is 0 Å². The van der Waals surface area contributed by atoms with E-state index in [2.05, 4.69) is 31.1 Å². The molecule has 0 saturated heterocycles. The summed E-state index contributed by atoms with van der Waals surface area (Å²) < 4.78 is 74.1. The standard InChI is InChI=1S/C21H13BrClF3N4O3S2/c22-17-18(16-2-1-11-33-16)30(28-19(17)21(24,25)26)14-7-9-15(10-8-14)35(31,32)29-20(34)27-13-5-3-12(23)4-6-13/h1-11H,(H2,27,29,34). The molecule has 0 saturated carbocycles. The van der Waals surface area contributed by atoms with E-state index in [0.717, 1.165) is 4.68 Å². The third-order valence-corrected chi connectivity index (χ3v) is 7.27.